The highest BCUT2D eigenvalue weighted by atomic mass is 19.4. The normalized spacial score (nSPS) is 27.6. The van der Waals surface area contributed by atoms with Gasteiger partial charge in [0.2, 0.25) is 18.5 Å². The Hall–Kier alpha value is -4.02. The number of nitrogens with zero attached hydrogens (tertiary/aromatic N) is 1. The minimum atomic E-state index is -4.64. The van der Waals surface area contributed by atoms with Gasteiger partial charge in [-0.25, -0.2) is 9.59 Å². The van der Waals surface area contributed by atoms with Crippen LogP contribution in [0.4, 0.5) is 13.2 Å². The van der Waals surface area contributed by atoms with Gasteiger partial charge in [0.25, 0.3) is 0 Å². The maximum absolute atomic E-state index is 13.3. The Balaban J connectivity index is 0.000000670. The van der Waals surface area contributed by atoms with Crippen LogP contribution in [0, 0.1) is 0 Å². The molecule has 0 saturated carbocycles. The predicted octanol–water partition coefficient (Wildman–Crippen LogP) is 0.695. The van der Waals surface area contributed by atoms with Gasteiger partial charge in [-0.1, -0.05) is 12.1 Å². The number of piperidine rings is 1. The summed E-state index contributed by atoms with van der Waals surface area (Å²) in [4.78, 5) is 59.0. The lowest BCUT2D eigenvalue weighted by atomic mass is 9.50. The number of hydrogen-bond donors (Lipinski definition) is 3. The number of likely N-dealkylation sites (tertiary alicyclic amines) is 1. The molecule has 2 bridgehead atoms. The van der Waals surface area contributed by atoms with Crippen LogP contribution in [0.2, 0.25) is 0 Å². The van der Waals surface area contributed by atoms with Gasteiger partial charge in [-0.3, -0.25) is 14.4 Å². The number of ether oxygens (including phenoxy) is 4. The van der Waals surface area contributed by atoms with Crippen LogP contribution in [0.15, 0.2) is 24.0 Å². The lowest BCUT2D eigenvalue weighted by molar-refractivity contribution is -0.190. The van der Waals surface area contributed by atoms with E-state index in [1.165, 1.54) is 6.08 Å². The summed E-state index contributed by atoms with van der Waals surface area (Å²) in [5, 5.41) is 31.8. The predicted molar refractivity (Wildman–Crippen MR) is 138 cm³/mol. The number of esters is 3. The summed E-state index contributed by atoms with van der Waals surface area (Å²) in [6, 6.07) is 3.44. The molecule has 0 unspecified atom stereocenters. The molecule has 2 aliphatic carbocycles. The van der Waals surface area contributed by atoms with Crippen molar-refractivity contribution in [2.45, 2.75) is 81.3 Å². The van der Waals surface area contributed by atoms with E-state index in [1.54, 1.807) is 6.07 Å². The van der Waals surface area contributed by atoms with E-state index < -0.39 is 65.7 Å². The van der Waals surface area contributed by atoms with Crippen molar-refractivity contribution in [3.05, 3.63) is 40.7 Å². The molecule has 16 heteroatoms. The third-order valence-corrected chi connectivity index (χ3v) is 8.31. The highest BCUT2D eigenvalue weighted by molar-refractivity contribution is 5.88. The number of likely N-dealkylation sites (N-methyl/N-ethyl adjacent to an activating group) is 1. The van der Waals surface area contributed by atoms with Gasteiger partial charge >= 0.3 is 30.1 Å². The lowest BCUT2D eigenvalue weighted by Gasteiger charge is -2.61. The largest absolute Gasteiger partial charge is 0.481 e. The molecule has 4 aliphatic rings. The highest BCUT2D eigenvalue weighted by Gasteiger charge is 2.72. The van der Waals surface area contributed by atoms with Crippen LogP contribution in [0.25, 0.3) is 0 Å². The number of carbonyl (C=O) groups excluding carboxylic acids is 4. The van der Waals surface area contributed by atoms with Crippen molar-refractivity contribution in [1.29, 1.82) is 0 Å². The lowest BCUT2D eigenvalue weighted by Crippen LogP contribution is -2.74. The summed E-state index contributed by atoms with van der Waals surface area (Å²) in [5.41, 5.74) is -0.00318. The molecule has 240 valence electrons. The minimum absolute atomic E-state index is 0.0139. The van der Waals surface area contributed by atoms with E-state index in [2.05, 4.69) is 4.90 Å². The number of hydrogen-bond acceptors (Lipinski definition) is 12. The topological polar surface area (TPSA) is 186 Å². The van der Waals surface area contributed by atoms with Gasteiger partial charge in [-0.2, -0.15) is 13.2 Å². The van der Waals surface area contributed by atoms with E-state index >= 15 is 0 Å². The summed E-state index contributed by atoms with van der Waals surface area (Å²) in [7, 11) is 1.94. The van der Waals surface area contributed by atoms with Gasteiger partial charge < -0.3 is 39.2 Å². The number of benzene rings is 1. The number of aliphatic hydroxyl groups excluding tert-OH is 1. The minimum Gasteiger partial charge on any atom is -0.481 e. The number of carbonyl (C=O) groups is 5. The number of aliphatic carboxylic acids is 1. The molecule has 3 N–H and O–H groups in total. The van der Waals surface area contributed by atoms with Gasteiger partial charge in [0.05, 0.1) is 17.6 Å². The van der Waals surface area contributed by atoms with Crippen LogP contribution in [-0.4, -0.2) is 100 Å². The fourth-order valence-electron chi connectivity index (χ4n) is 6.64. The first-order valence-electron chi connectivity index (χ1n) is 13.4. The van der Waals surface area contributed by atoms with Gasteiger partial charge in [-0.05, 0) is 38.1 Å². The van der Waals surface area contributed by atoms with Crippen molar-refractivity contribution in [2.75, 3.05) is 13.6 Å². The van der Waals surface area contributed by atoms with Crippen LogP contribution in [0.1, 0.15) is 43.4 Å². The molecule has 6 atom stereocenters. The van der Waals surface area contributed by atoms with Crippen LogP contribution in [0.5, 0.6) is 5.75 Å². The van der Waals surface area contributed by atoms with Crippen molar-refractivity contribution in [3.63, 3.8) is 0 Å². The average molecular weight is 630 g/mol. The SMILES string of the molecule is CC(=O)O[C@H](C(=O)O)[C@H](OC(C)=O)C(=O)OC1=CC[C@@]2(O)[C@H]3Cc4ccc(CO)c5c4[C@@]2(CCN3C)[C@H]1O5.O=CC(F)(F)F. The van der Waals surface area contributed by atoms with Crippen LogP contribution in [-0.2, 0) is 56.6 Å². The molecule has 1 fully saturated rings. The standard InChI is InChI=1S/C26H29NO11.C2HF3O/c1-12(29)35-20(23(31)32)21(36-13(2)30)24(33)37-16-6-7-26(34)17-10-14-4-5-15(11-28)19-18(14)25(26,22(16)38-19)8-9-27(17)3;3-2(4,5)1-6/h4-6,17,20-22,28,34H,7-11H2,1-3H3,(H,31,32);1H/t17-,20+,21+,22+,25+,26-;/m1./s1. The maximum atomic E-state index is 13.3. The van der Waals surface area contributed by atoms with Crippen molar-refractivity contribution < 1.29 is 71.4 Å². The Labute approximate surface area is 248 Å². The fourth-order valence-corrected chi connectivity index (χ4v) is 6.64. The molecule has 1 saturated heterocycles. The molecule has 1 spiro atoms. The second kappa shape index (κ2) is 11.8. The fraction of sp³-hybridized carbons (Fsp3) is 0.536. The Morgan fingerprint density at radius 2 is 1.77 bits per heavy atom. The molecule has 13 nitrogen and oxygen atoms in total. The molecule has 0 radical (unpaired) electrons. The number of halogens is 3. The summed E-state index contributed by atoms with van der Waals surface area (Å²) < 4.78 is 52.9. The van der Waals surface area contributed by atoms with Gasteiger partial charge in [0.1, 0.15) is 11.5 Å². The Bertz CT molecular complexity index is 1410. The highest BCUT2D eigenvalue weighted by Crippen LogP contribution is 2.64. The number of aldehydes is 1. The van der Waals surface area contributed by atoms with Crippen LogP contribution in [0.3, 0.4) is 0 Å². The third kappa shape index (κ3) is 5.52. The smallest absolute Gasteiger partial charge is 0.446 e. The summed E-state index contributed by atoms with van der Waals surface area (Å²) in [6.45, 7) is 2.25. The Kier molecular flexibility index (Phi) is 8.83. The van der Waals surface area contributed by atoms with E-state index in [0.717, 1.165) is 25.0 Å². The maximum Gasteiger partial charge on any atom is 0.446 e. The molecular weight excluding hydrogens is 599 g/mol. The number of rotatable bonds is 7. The van der Waals surface area contributed by atoms with E-state index in [4.69, 9.17) is 23.7 Å². The summed E-state index contributed by atoms with van der Waals surface area (Å²) in [5.74, 6) is -4.52. The van der Waals surface area contributed by atoms with Gasteiger partial charge in [0.15, 0.2) is 6.10 Å². The zero-order valence-corrected chi connectivity index (χ0v) is 23.8. The van der Waals surface area contributed by atoms with E-state index in [1.807, 2.05) is 13.1 Å². The number of carboxylic acid groups (broad SMARTS) is 1. The van der Waals surface area contributed by atoms with Crippen LogP contribution < -0.4 is 4.74 Å². The average Bonchev–Trinajstić information content (AvgIpc) is 3.29. The van der Waals surface area contributed by atoms with Gasteiger partial charge in [-0.15, -0.1) is 0 Å². The second-order valence-electron chi connectivity index (χ2n) is 10.9. The number of alkyl halides is 3. The molecule has 2 aliphatic heterocycles. The number of carboxylic acids is 1. The van der Waals surface area contributed by atoms with Crippen LogP contribution >= 0.6 is 0 Å². The molecule has 0 aromatic heterocycles. The first-order valence-corrected chi connectivity index (χ1v) is 13.4. The summed E-state index contributed by atoms with van der Waals surface area (Å²) in [6.07, 6.45) is -8.24. The monoisotopic (exact) mass is 629 g/mol. The van der Waals surface area contributed by atoms with Crippen molar-refractivity contribution in [1.82, 2.24) is 4.90 Å². The molecule has 44 heavy (non-hydrogen) atoms. The second-order valence-corrected chi connectivity index (χ2v) is 10.9. The molecule has 1 aromatic rings. The third-order valence-electron chi connectivity index (χ3n) is 8.31. The summed E-state index contributed by atoms with van der Waals surface area (Å²) >= 11 is 0. The van der Waals surface area contributed by atoms with E-state index in [0.29, 0.717) is 30.7 Å². The molecular formula is C28H30F3NO12. The van der Waals surface area contributed by atoms with Crippen molar-refractivity contribution in [2.24, 2.45) is 0 Å². The zero-order chi connectivity index (χ0) is 32.8. The quantitative estimate of drug-likeness (QED) is 0.218. The van der Waals surface area contributed by atoms with E-state index in [-0.39, 0.29) is 24.8 Å². The number of aliphatic hydroxyl groups is 2. The first kappa shape index (κ1) is 32.9. The molecule has 2 heterocycles. The van der Waals surface area contributed by atoms with E-state index in [9.17, 15) is 47.7 Å². The first-order chi connectivity index (χ1) is 20.5. The van der Waals surface area contributed by atoms with Gasteiger partial charge in [0, 0.05) is 37.4 Å². The molecule has 5 rings (SSSR count). The molecule has 0 amide bonds. The Morgan fingerprint density at radius 3 is 2.32 bits per heavy atom. The zero-order valence-electron chi connectivity index (χ0n) is 23.8. The van der Waals surface area contributed by atoms with Crippen molar-refractivity contribution in [3.8, 4) is 5.75 Å². The van der Waals surface area contributed by atoms with Crippen molar-refractivity contribution >= 4 is 30.2 Å². The Morgan fingerprint density at radius 1 is 1.16 bits per heavy atom. The molecule has 1 aromatic carbocycles.